The minimum absolute atomic E-state index is 0.0235. The highest BCUT2D eigenvalue weighted by molar-refractivity contribution is 6.31. The molecule has 0 unspecified atom stereocenters. The molecule has 5 rings (SSSR count). The third-order valence-corrected chi connectivity index (χ3v) is 10.1. The number of fused-ring (bicyclic) bond motifs is 3. The van der Waals surface area contributed by atoms with Crippen LogP contribution in [0, 0.1) is 11.3 Å². The first-order valence-electron chi connectivity index (χ1n) is 14.5. The first-order chi connectivity index (χ1) is 19.8. The van der Waals surface area contributed by atoms with Crippen LogP contribution in [0.15, 0.2) is 46.8 Å². The summed E-state index contributed by atoms with van der Waals surface area (Å²) in [7, 11) is 0. The zero-order chi connectivity index (χ0) is 30.4. The molecule has 11 heteroatoms. The maximum atomic E-state index is 16.7. The number of anilines is 1. The number of rotatable bonds is 6. The Balaban J connectivity index is 1.63. The molecule has 0 radical (unpaired) electrons. The number of halogens is 3. The molecule has 6 atom stereocenters. The van der Waals surface area contributed by atoms with Crippen LogP contribution in [0.1, 0.15) is 64.9 Å². The summed E-state index contributed by atoms with van der Waals surface area (Å²) in [5, 5.41) is 19.6. The third-order valence-electron chi connectivity index (χ3n) is 9.79. The summed E-state index contributed by atoms with van der Waals surface area (Å²) < 4.78 is 22.5. The molecule has 1 saturated carbocycles. The van der Waals surface area contributed by atoms with E-state index in [1.54, 1.807) is 18.2 Å². The average molecular weight is 622 g/mol. The van der Waals surface area contributed by atoms with Gasteiger partial charge >= 0.3 is 0 Å². The third kappa shape index (κ3) is 5.32. The zero-order valence-corrected chi connectivity index (χ0v) is 25.7. The number of carbonyl (C=O) groups is 2. The fraction of sp³-hybridized carbons (Fsp3) is 0.581. The molecule has 2 amide bonds. The second kappa shape index (κ2) is 11.7. The van der Waals surface area contributed by atoms with E-state index in [2.05, 4.69) is 41.4 Å². The Labute approximate surface area is 256 Å². The molecule has 42 heavy (non-hydrogen) atoms. The molecule has 3 heterocycles. The lowest BCUT2D eigenvalue weighted by Gasteiger charge is -2.50. The number of aliphatic imine (C=N–C) groups is 1. The Bertz CT molecular complexity index is 1320. The summed E-state index contributed by atoms with van der Waals surface area (Å²) in [4.78, 5) is 32.4. The van der Waals surface area contributed by atoms with Crippen LogP contribution in [-0.4, -0.2) is 59.6 Å². The van der Waals surface area contributed by atoms with Gasteiger partial charge in [-0.05, 0) is 74.6 Å². The molecule has 1 aromatic rings. The van der Waals surface area contributed by atoms with Gasteiger partial charge in [0.2, 0.25) is 11.8 Å². The second-order valence-electron chi connectivity index (χ2n) is 12.8. The van der Waals surface area contributed by atoms with Gasteiger partial charge in [-0.15, -0.1) is 0 Å². The molecular formula is C31H39Cl2FN4O4. The van der Waals surface area contributed by atoms with Crippen molar-refractivity contribution < 1.29 is 23.8 Å². The number of hydrogen-bond donors (Lipinski definition) is 4. The van der Waals surface area contributed by atoms with Crippen molar-refractivity contribution in [3.05, 3.63) is 52.4 Å². The summed E-state index contributed by atoms with van der Waals surface area (Å²) >= 11 is 12.1. The Morgan fingerprint density at radius 2 is 2.00 bits per heavy atom. The minimum Gasteiger partial charge on any atom is -0.394 e. The molecule has 4 N–H and O–H groups in total. The van der Waals surface area contributed by atoms with E-state index in [1.807, 2.05) is 6.92 Å². The summed E-state index contributed by atoms with van der Waals surface area (Å²) in [6.07, 6.45) is 5.61. The molecule has 1 aliphatic carbocycles. The van der Waals surface area contributed by atoms with Gasteiger partial charge in [0.25, 0.3) is 0 Å². The Morgan fingerprint density at radius 1 is 1.29 bits per heavy atom. The quantitative estimate of drug-likeness (QED) is 0.260. The normalized spacial score (nSPS) is 33.6. The molecule has 0 bridgehead atoms. The molecule has 1 aromatic carbocycles. The van der Waals surface area contributed by atoms with Crippen LogP contribution in [0.25, 0.3) is 0 Å². The lowest BCUT2D eigenvalue weighted by Crippen LogP contribution is -2.62. The van der Waals surface area contributed by atoms with Crippen LogP contribution in [0.4, 0.5) is 10.1 Å². The lowest BCUT2D eigenvalue weighted by atomic mass is 9.54. The van der Waals surface area contributed by atoms with Crippen molar-refractivity contribution in [1.29, 1.82) is 0 Å². The fourth-order valence-corrected chi connectivity index (χ4v) is 7.79. The Morgan fingerprint density at radius 3 is 2.64 bits per heavy atom. The SMILES string of the molecule is C=C(Cl)N=C/C=C(\F)[C@H]1[C@H](C(=O)N[C@@H]2CC[C@@H](CO)O[C@@H]2C)NC2(CCC(C)(C)CC2)[C@@]12C(=O)Nc1cc(Cl)ccc12. The molecule has 0 aromatic heterocycles. The smallest absolute Gasteiger partial charge is 0.238 e. The van der Waals surface area contributed by atoms with Crippen LogP contribution < -0.4 is 16.0 Å². The number of nitrogens with one attached hydrogen (secondary N) is 3. The number of ether oxygens (including phenoxy) is 1. The molecule has 8 nitrogen and oxygen atoms in total. The number of carbonyl (C=O) groups excluding carboxylic acids is 2. The first-order valence-corrected chi connectivity index (χ1v) is 15.3. The maximum Gasteiger partial charge on any atom is 0.238 e. The van der Waals surface area contributed by atoms with Crippen LogP contribution in [0.3, 0.4) is 0 Å². The van der Waals surface area contributed by atoms with Gasteiger partial charge in [0.05, 0.1) is 36.8 Å². The monoisotopic (exact) mass is 620 g/mol. The van der Waals surface area contributed by atoms with Gasteiger partial charge in [-0.3, -0.25) is 14.9 Å². The number of aliphatic hydroxyl groups is 1. The largest absolute Gasteiger partial charge is 0.394 e. The van der Waals surface area contributed by atoms with E-state index in [9.17, 15) is 14.7 Å². The number of benzene rings is 1. The number of nitrogens with zero attached hydrogens (tertiary/aromatic N) is 1. The van der Waals surface area contributed by atoms with Crippen molar-refractivity contribution in [3.63, 3.8) is 0 Å². The zero-order valence-electron chi connectivity index (χ0n) is 24.2. The van der Waals surface area contributed by atoms with Crippen molar-refractivity contribution in [1.82, 2.24) is 10.6 Å². The summed E-state index contributed by atoms with van der Waals surface area (Å²) in [6.45, 7) is 9.64. The Hall–Kier alpha value is -2.30. The molecular weight excluding hydrogens is 582 g/mol. The van der Waals surface area contributed by atoms with Crippen molar-refractivity contribution in [2.45, 2.75) is 94.5 Å². The predicted octanol–water partition coefficient (Wildman–Crippen LogP) is 5.14. The number of hydrogen-bond acceptors (Lipinski definition) is 6. The average Bonchev–Trinajstić information content (AvgIpc) is 3.39. The van der Waals surface area contributed by atoms with E-state index >= 15 is 4.39 Å². The van der Waals surface area contributed by atoms with Gasteiger partial charge < -0.3 is 20.5 Å². The van der Waals surface area contributed by atoms with Gasteiger partial charge in [0.15, 0.2) is 0 Å². The van der Waals surface area contributed by atoms with Crippen molar-refractivity contribution in [3.8, 4) is 0 Å². The van der Waals surface area contributed by atoms with Gasteiger partial charge in [-0.25, -0.2) is 9.38 Å². The maximum absolute atomic E-state index is 16.7. The molecule has 3 aliphatic heterocycles. The number of amides is 2. The van der Waals surface area contributed by atoms with E-state index < -0.39 is 34.6 Å². The molecule has 228 valence electrons. The number of aliphatic hydroxyl groups excluding tert-OH is 1. The van der Waals surface area contributed by atoms with E-state index in [0.717, 1.165) is 18.9 Å². The molecule has 2 saturated heterocycles. The van der Waals surface area contributed by atoms with E-state index in [0.29, 0.717) is 42.0 Å². The lowest BCUT2D eigenvalue weighted by molar-refractivity contribution is -0.129. The summed E-state index contributed by atoms with van der Waals surface area (Å²) in [6, 6.07) is 3.74. The highest BCUT2D eigenvalue weighted by Crippen LogP contribution is 2.62. The Kier molecular flexibility index (Phi) is 8.64. The van der Waals surface area contributed by atoms with E-state index in [4.69, 9.17) is 27.9 Å². The minimum atomic E-state index is -1.44. The second-order valence-corrected chi connectivity index (χ2v) is 13.7. The highest BCUT2D eigenvalue weighted by Gasteiger charge is 2.73. The van der Waals surface area contributed by atoms with E-state index in [1.165, 1.54) is 6.21 Å². The van der Waals surface area contributed by atoms with Gasteiger partial charge in [-0.1, -0.05) is 49.7 Å². The van der Waals surface area contributed by atoms with Gasteiger partial charge in [-0.2, -0.15) is 0 Å². The van der Waals surface area contributed by atoms with Gasteiger partial charge in [0.1, 0.15) is 16.4 Å². The van der Waals surface area contributed by atoms with Gasteiger partial charge in [0, 0.05) is 22.5 Å². The van der Waals surface area contributed by atoms with Crippen LogP contribution in [-0.2, 0) is 19.7 Å². The standard InChI is InChI=1S/C31H39Cl2FN4O4/c1-17-23(8-6-20(16-39)42-17)36-27(40)26-25(22(34)9-14-35-18(2)32)31(30(38-26)12-10-29(3,4)11-13-30)21-7-5-19(33)15-24(21)37-28(31)41/h5,7,9,14-15,17,20,23,25-26,38-39H,2,6,8,10-13,16H2,1,3-4H3,(H,36,40)(H,37,41)/b22-9-,35-14?/t17-,20+,23-,25+,26-,31-/m1/s1. The predicted molar refractivity (Wildman–Crippen MR) is 162 cm³/mol. The first kappa shape index (κ1) is 31.1. The number of allylic oxidation sites excluding steroid dienone is 1. The highest BCUT2D eigenvalue weighted by atomic mass is 35.5. The molecule has 2 spiro atoms. The molecule has 4 aliphatic rings. The van der Waals surface area contributed by atoms with Crippen molar-refractivity contribution in [2.24, 2.45) is 16.3 Å². The van der Waals surface area contributed by atoms with Crippen molar-refractivity contribution in [2.75, 3.05) is 11.9 Å². The van der Waals surface area contributed by atoms with E-state index in [-0.39, 0.29) is 41.3 Å². The van der Waals surface area contributed by atoms with Crippen LogP contribution in [0.2, 0.25) is 5.02 Å². The topological polar surface area (TPSA) is 112 Å². The summed E-state index contributed by atoms with van der Waals surface area (Å²) in [5.41, 5.74) is -1.18. The van der Waals surface area contributed by atoms with Crippen LogP contribution >= 0.6 is 23.2 Å². The fourth-order valence-electron chi connectivity index (χ4n) is 7.56. The van der Waals surface area contributed by atoms with Crippen LogP contribution in [0.5, 0.6) is 0 Å². The van der Waals surface area contributed by atoms with Crippen molar-refractivity contribution >= 4 is 46.9 Å². The summed E-state index contributed by atoms with van der Waals surface area (Å²) in [5.74, 6) is -2.64. The molecule has 3 fully saturated rings.